The van der Waals surface area contributed by atoms with Crippen LogP contribution in [-0.4, -0.2) is 45.4 Å². The van der Waals surface area contributed by atoms with Crippen molar-refractivity contribution in [3.05, 3.63) is 0 Å². The van der Waals surface area contributed by atoms with E-state index in [1.807, 2.05) is 0 Å². The second-order valence-corrected chi connectivity index (χ2v) is 6.95. The molecule has 0 aromatic carbocycles. The molecular formula is C11H23N3O2S. The summed E-state index contributed by atoms with van der Waals surface area (Å²) >= 11 is 0. The highest BCUT2D eigenvalue weighted by molar-refractivity contribution is 7.87. The Balaban J connectivity index is 1.84. The number of piperidine rings is 1. The minimum Gasteiger partial charge on any atom is -0.316 e. The van der Waals surface area contributed by atoms with Crippen LogP contribution in [0.4, 0.5) is 0 Å². The average Bonchev–Trinajstić information content (AvgIpc) is 2.82. The Morgan fingerprint density at radius 1 is 1.35 bits per heavy atom. The van der Waals surface area contributed by atoms with Crippen molar-refractivity contribution in [2.24, 2.45) is 11.8 Å². The Labute approximate surface area is 104 Å². The van der Waals surface area contributed by atoms with E-state index >= 15 is 0 Å². The van der Waals surface area contributed by atoms with E-state index in [1.165, 1.54) is 0 Å². The third-order valence-electron chi connectivity index (χ3n) is 3.92. The van der Waals surface area contributed by atoms with Crippen LogP contribution in [-0.2, 0) is 10.2 Å². The molecule has 2 unspecified atom stereocenters. The van der Waals surface area contributed by atoms with Crippen LogP contribution in [0, 0.1) is 11.8 Å². The van der Waals surface area contributed by atoms with Crippen molar-refractivity contribution < 1.29 is 8.42 Å². The number of nitrogens with one attached hydrogen (secondary N) is 2. The van der Waals surface area contributed by atoms with E-state index in [1.54, 1.807) is 4.31 Å². The molecule has 0 bridgehead atoms. The fraction of sp³-hybridized carbons (Fsp3) is 1.00. The fourth-order valence-electron chi connectivity index (χ4n) is 2.56. The summed E-state index contributed by atoms with van der Waals surface area (Å²) in [5, 5.41) is 3.32. The summed E-state index contributed by atoms with van der Waals surface area (Å²) in [7, 11) is -3.23. The van der Waals surface area contributed by atoms with E-state index in [9.17, 15) is 8.42 Å². The van der Waals surface area contributed by atoms with Crippen molar-refractivity contribution >= 4 is 10.2 Å². The van der Waals surface area contributed by atoms with Crippen LogP contribution in [0.2, 0.25) is 0 Å². The minimum absolute atomic E-state index is 0.418. The highest BCUT2D eigenvalue weighted by atomic mass is 32.2. The summed E-state index contributed by atoms with van der Waals surface area (Å²) in [4.78, 5) is 0. The predicted molar refractivity (Wildman–Crippen MR) is 67.9 cm³/mol. The molecule has 0 aromatic rings. The number of nitrogens with zero attached hydrogens (tertiary/aromatic N) is 1. The number of hydrogen-bond donors (Lipinski definition) is 2. The van der Waals surface area contributed by atoms with Gasteiger partial charge >= 0.3 is 0 Å². The molecule has 0 amide bonds. The molecule has 2 atom stereocenters. The molecule has 100 valence electrons. The molecule has 5 nitrogen and oxygen atoms in total. The molecule has 2 aliphatic heterocycles. The highest BCUT2D eigenvalue weighted by Gasteiger charge is 2.27. The average molecular weight is 261 g/mol. The quantitative estimate of drug-likeness (QED) is 0.758. The van der Waals surface area contributed by atoms with Gasteiger partial charge in [0.1, 0.15) is 0 Å². The van der Waals surface area contributed by atoms with E-state index in [-0.39, 0.29) is 0 Å². The molecule has 0 spiro atoms. The van der Waals surface area contributed by atoms with Gasteiger partial charge < -0.3 is 5.32 Å². The largest absolute Gasteiger partial charge is 0.316 e. The van der Waals surface area contributed by atoms with Gasteiger partial charge in [-0.1, -0.05) is 6.92 Å². The molecule has 2 aliphatic rings. The maximum absolute atomic E-state index is 12.0. The smallest absolute Gasteiger partial charge is 0.279 e. The summed E-state index contributed by atoms with van der Waals surface area (Å²) in [5.74, 6) is 1.01. The van der Waals surface area contributed by atoms with Crippen LogP contribution in [0.25, 0.3) is 0 Å². The summed E-state index contributed by atoms with van der Waals surface area (Å²) in [6, 6.07) is 0. The van der Waals surface area contributed by atoms with Crippen LogP contribution >= 0.6 is 0 Å². The zero-order valence-electron chi connectivity index (χ0n) is 10.5. The summed E-state index contributed by atoms with van der Waals surface area (Å²) < 4.78 is 28.3. The molecule has 0 aliphatic carbocycles. The van der Waals surface area contributed by atoms with Gasteiger partial charge in [0.25, 0.3) is 10.2 Å². The zero-order valence-corrected chi connectivity index (χ0v) is 11.3. The molecule has 2 rings (SSSR count). The summed E-state index contributed by atoms with van der Waals surface area (Å²) in [5.41, 5.74) is 0. The molecular weight excluding hydrogens is 238 g/mol. The minimum atomic E-state index is -3.23. The van der Waals surface area contributed by atoms with E-state index < -0.39 is 10.2 Å². The lowest BCUT2D eigenvalue weighted by Crippen LogP contribution is -2.46. The molecule has 2 saturated heterocycles. The van der Waals surface area contributed by atoms with E-state index in [2.05, 4.69) is 17.0 Å². The van der Waals surface area contributed by atoms with Crippen molar-refractivity contribution in [3.8, 4) is 0 Å². The second-order valence-electron chi connectivity index (χ2n) is 5.19. The fourth-order valence-corrected chi connectivity index (χ4v) is 3.91. The lowest BCUT2D eigenvalue weighted by Gasteiger charge is -2.30. The van der Waals surface area contributed by atoms with Crippen LogP contribution in [0.1, 0.15) is 26.2 Å². The first-order valence-corrected chi connectivity index (χ1v) is 7.99. The van der Waals surface area contributed by atoms with Crippen molar-refractivity contribution in [1.29, 1.82) is 0 Å². The van der Waals surface area contributed by atoms with E-state index in [0.717, 1.165) is 32.4 Å². The first-order chi connectivity index (χ1) is 8.09. The van der Waals surface area contributed by atoms with Crippen molar-refractivity contribution in [2.45, 2.75) is 26.2 Å². The van der Waals surface area contributed by atoms with Crippen molar-refractivity contribution in [3.63, 3.8) is 0 Å². The van der Waals surface area contributed by atoms with Crippen LogP contribution in [0.5, 0.6) is 0 Å². The Bertz CT molecular complexity index is 339. The van der Waals surface area contributed by atoms with Gasteiger partial charge in [-0.15, -0.1) is 0 Å². The molecule has 2 fully saturated rings. The Morgan fingerprint density at radius 2 is 2.06 bits per heavy atom. The topological polar surface area (TPSA) is 61.4 Å². The van der Waals surface area contributed by atoms with Crippen LogP contribution < -0.4 is 10.0 Å². The molecule has 2 heterocycles. The van der Waals surface area contributed by atoms with E-state index in [0.29, 0.717) is 31.5 Å². The molecule has 6 heteroatoms. The van der Waals surface area contributed by atoms with Gasteiger partial charge in [0.15, 0.2) is 0 Å². The molecule has 0 aromatic heterocycles. The Morgan fingerprint density at radius 3 is 2.71 bits per heavy atom. The molecule has 0 radical (unpaired) electrons. The lowest BCUT2D eigenvalue weighted by atomic mass is 9.88. The van der Waals surface area contributed by atoms with Gasteiger partial charge in [-0.2, -0.15) is 12.7 Å². The summed E-state index contributed by atoms with van der Waals surface area (Å²) in [6.45, 7) is 6.09. The van der Waals surface area contributed by atoms with Gasteiger partial charge in [-0.05, 0) is 44.2 Å². The Hall–Kier alpha value is -0.170. The number of rotatable bonds is 4. The maximum atomic E-state index is 12.0. The maximum Gasteiger partial charge on any atom is 0.279 e. The van der Waals surface area contributed by atoms with Crippen LogP contribution in [0.15, 0.2) is 0 Å². The lowest BCUT2D eigenvalue weighted by molar-refractivity contribution is 0.273. The van der Waals surface area contributed by atoms with Gasteiger partial charge in [-0.25, -0.2) is 4.72 Å². The first kappa shape index (κ1) is 13.3. The van der Waals surface area contributed by atoms with Gasteiger partial charge in [0.05, 0.1) is 0 Å². The molecule has 17 heavy (non-hydrogen) atoms. The second kappa shape index (κ2) is 5.65. The molecule has 0 saturated carbocycles. The third kappa shape index (κ3) is 3.40. The van der Waals surface area contributed by atoms with E-state index in [4.69, 9.17) is 0 Å². The van der Waals surface area contributed by atoms with Gasteiger partial charge in [-0.3, -0.25) is 0 Å². The third-order valence-corrected chi connectivity index (χ3v) is 5.50. The normalized spacial score (nSPS) is 31.8. The standard InChI is InChI=1S/C11H23N3O2S/c1-10-4-5-12-8-11(10)9-13-17(15,16)14-6-2-3-7-14/h10-13H,2-9H2,1H3. The SMILES string of the molecule is CC1CCNCC1CNS(=O)(=O)N1CCCC1. The van der Waals surface area contributed by atoms with Crippen LogP contribution in [0.3, 0.4) is 0 Å². The summed E-state index contributed by atoms with van der Waals surface area (Å²) in [6.07, 6.45) is 3.11. The Kier molecular flexibility index (Phi) is 4.41. The first-order valence-electron chi connectivity index (χ1n) is 6.55. The van der Waals surface area contributed by atoms with Crippen molar-refractivity contribution in [1.82, 2.24) is 14.3 Å². The van der Waals surface area contributed by atoms with Crippen molar-refractivity contribution in [2.75, 3.05) is 32.7 Å². The molecule has 2 N–H and O–H groups in total. The van der Waals surface area contributed by atoms with Gasteiger partial charge in [0, 0.05) is 19.6 Å². The monoisotopic (exact) mass is 261 g/mol. The number of hydrogen-bond acceptors (Lipinski definition) is 3. The van der Waals surface area contributed by atoms with Gasteiger partial charge in [0.2, 0.25) is 0 Å². The predicted octanol–water partition coefficient (Wildman–Crippen LogP) is 0.162. The highest BCUT2D eigenvalue weighted by Crippen LogP contribution is 2.18. The zero-order chi connectivity index (χ0) is 12.3.